The zero-order chi connectivity index (χ0) is 10.6. The fourth-order valence-corrected chi connectivity index (χ4v) is 1.58. The second kappa shape index (κ2) is 4.57. The summed E-state index contributed by atoms with van der Waals surface area (Å²) in [4.78, 5) is 12.1. The lowest BCUT2D eigenvalue weighted by molar-refractivity contribution is -0.142. The van der Waals surface area contributed by atoms with Gasteiger partial charge in [-0.3, -0.25) is 9.69 Å². The molecule has 0 aromatic carbocycles. The predicted molar refractivity (Wildman–Crippen MR) is 49.4 cm³/mol. The number of aliphatic carboxylic acids is 1. The molecule has 0 saturated carbocycles. The van der Waals surface area contributed by atoms with E-state index in [2.05, 4.69) is 0 Å². The third-order valence-corrected chi connectivity index (χ3v) is 2.65. The van der Waals surface area contributed by atoms with Gasteiger partial charge in [0.25, 0.3) is 0 Å². The van der Waals surface area contributed by atoms with Gasteiger partial charge >= 0.3 is 5.97 Å². The zero-order valence-corrected chi connectivity index (χ0v) is 8.84. The Morgan fingerprint density at radius 3 is 2.15 bits per heavy atom. The summed E-state index contributed by atoms with van der Waals surface area (Å²) in [6.45, 7) is 0. The molecule has 0 aromatic rings. The van der Waals surface area contributed by atoms with Crippen LogP contribution in [0.5, 0.6) is 0 Å². The Morgan fingerprint density at radius 1 is 1.46 bits per heavy atom. The molecule has 0 aliphatic rings. The van der Waals surface area contributed by atoms with Gasteiger partial charge in [-0.2, -0.15) is 0 Å². The van der Waals surface area contributed by atoms with Crippen molar-refractivity contribution in [3.8, 4) is 0 Å². The highest BCUT2D eigenvalue weighted by atomic mass is 32.2. The van der Waals surface area contributed by atoms with E-state index < -0.39 is 21.8 Å². The number of carboxylic acid groups (broad SMARTS) is 1. The summed E-state index contributed by atoms with van der Waals surface area (Å²) in [7, 11) is 0.148. The topological polar surface area (TPSA) is 74.7 Å². The van der Waals surface area contributed by atoms with Crippen molar-refractivity contribution in [1.29, 1.82) is 0 Å². The molecular weight excluding hydrogens is 194 g/mol. The van der Waals surface area contributed by atoms with E-state index in [1.54, 1.807) is 14.1 Å². The maximum atomic E-state index is 10.8. The van der Waals surface area contributed by atoms with Crippen molar-refractivity contribution in [2.24, 2.45) is 0 Å². The molecule has 0 bridgehead atoms. The van der Waals surface area contributed by atoms with Crippen LogP contribution in [0.3, 0.4) is 0 Å². The Kier molecular flexibility index (Phi) is 4.35. The van der Waals surface area contributed by atoms with E-state index in [0.717, 1.165) is 6.26 Å². The van der Waals surface area contributed by atoms with E-state index in [9.17, 15) is 13.2 Å². The van der Waals surface area contributed by atoms with Crippen molar-refractivity contribution in [2.45, 2.75) is 12.5 Å². The van der Waals surface area contributed by atoms with Gasteiger partial charge in [0.1, 0.15) is 15.9 Å². The van der Waals surface area contributed by atoms with E-state index in [1.165, 1.54) is 4.90 Å². The van der Waals surface area contributed by atoms with Gasteiger partial charge < -0.3 is 5.11 Å². The quantitative estimate of drug-likeness (QED) is 0.656. The molecule has 13 heavy (non-hydrogen) atoms. The third kappa shape index (κ3) is 5.59. The van der Waals surface area contributed by atoms with Crippen LogP contribution in [0.1, 0.15) is 6.42 Å². The standard InChI is InChI=1S/C7H15NO4S/c1-8(2)6(7(9)10)4-5-13(3,11)12/h6H,4-5H2,1-3H3,(H,9,10). The van der Waals surface area contributed by atoms with Crippen molar-refractivity contribution < 1.29 is 18.3 Å². The first-order valence-corrected chi connectivity index (χ1v) is 5.87. The highest BCUT2D eigenvalue weighted by molar-refractivity contribution is 7.90. The second-order valence-electron chi connectivity index (χ2n) is 3.24. The van der Waals surface area contributed by atoms with Crippen LogP contribution in [0.2, 0.25) is 0 Å². The number of rotatable bonds is 5. The lowest BCUT2D eigenvalue weighted by Gasteiger charge is -2.18. The Labute approximate surface area is 78.3 Å². The highest BCUT2D eigenvalue weighted by Gasteiger charge is 2.21. The molecule has 0 saturated heterocycles. The first kappa shape index (κ1) is 12.4. The second-order valence-corrected chi connectivity index (χ2v) is 5.50. The van der Waals surface area contributed by atoms with Crippen molar-refractivity contribution in [1.82, 2.24) is 4.90 Å². The Balaban J connectivity index is 4.22. The number of likely N-dealkylation sites (N-methyl/N-ethyl adjacent to an activating group) is 1. The maximum absolute atomic E-state index is 10.8. The Morgan fingerprint density at radius 2 is 1.92 bits per heavy atom. The van der Waals surface area contributed by atoms with Gasteiger partial charge in [0.2, 0.25) is 0 Å². The summed E-state index contributed by atoms with van der Waals surface area (Å²) in [6.07, 6.45) is 1.22. The smallest absolute Gasteiger partial charge is 0.320 e. The first-order chi connectivity index (χ1) is 5.74. The van der Waals surface area contributed by atoms with Crippen molar-refractivity contribution in [3.63, 3.8) is 0 Å². The third-order valence-electron chi connectivity index (χ3n) is 1.67. The van der Waals surface area contributed by atoms with Crippen molar-refractivity contribution in [2.75, 3.05) is 26.1 Å². The molecule has 0 heterocycles. The number of carbonyl (C=O) groups is 1. The molecular formula is C7H15NO4S. The van der Waals surface area contributed by atoms with Crippen molar-refractivity contribution >= 4 is 15.8 Å². The minimum absolute atomic E-state index is 0.0951. The molecule has 0 aliphatic carbocycles. The summed E-state index contributed by atoms with van der Waals surface area (Å²) in [5.74, 6) is -1.09. The van der Waals surface area contributed by atoms with E-state index in [1.807, 2.05) is 0 Å². The lowest BCUT2D eigenvalue weighted by atomic mass is 10.2. The summed E-state index contributed by atoms with van der Waals surface area (Å²) in [5, 5.41) is 8.70. The molecule has 1 atom stereocenters. The van der Waals surface area contributed by atoms with Gasteiger partial charge in [-0.05, 0) is 20.5 Å². The molecule has 0 amide bonds. The van der Waals surface area contributed by atoms with E-state index >= 15 is 0 Å². The van der Waals surface area contributed by atoms with Gasteiger partial charge in [-0.25, -0.2) is 8.42 Å². The average molecular weight is 209 g/mol. The van der Waals surface area contributed by atoms with Gasteiger partial charge in [-0.15, -0.1) is 0 Å². The number of hydrogen-bond acceptors (Lipinski definition) is 4. The molecule has 0 fully saturated rings. The van der Waals surface area contributed by atoms with Crippen LogP contribution < -0.4 is 0 Å². The summed E-state index contributed by atoms with van der Waals surface area (Å²) >= 11 is 0. The Hall–Kier alpha value is -0.620. The molecule has 0 aliphatic heterocycles. The van der Waals surface area contributed by atoms with Gasteiger partial charge in [0.05, 0.1) is 5.75 Å². The fourth-order valence-electron chi connectivity index (χ4n) is 0.928. The monoisotopic (exact) mass is 209 g/mol. The summed E-state index contributed by atoms with van der Waals surface area (Å²) in [6, 6.07) is -0.727. The molecule has 6 heteroatoms. The molecule has 5 nitrogen and oxygen atoms in total. The molecule has 1 unspecified atom stereocenters. The molecule has 1 N–H and O–H groups in total. The van der Waals surface area contributed by atoms with E-state index in [-0.39, 0.29) is 12.2 Å². The first-order valence-electron chi connectivity index (χ1n) is 3.81. The van der Waals surface area contributed by atoms with Crippen LogP contribution in [-0.4, -0.2) is 56.5 Å². The normalized spacial score (nSPS) is 14.5. The van der Waals surface area contributed by atoms with Crippen LogP contribution in [0.25, 0.3) is 0 Å². The predicted octanol–water partition coefficient (Wildman–Crippen LogP) is -0.564. The molecule has 0 rings (SSSR count). The largest absolute Gasteiger partial charge is 0.480 e. The SMILES string of the molecule is CN(C)C(CCS(C)(=O)=O)C(=O)O. The van der Waals surface area contributed by atoms with Gasteiger partial charge in [0, 0.05) is 6.26 Å². The molecule has 0 spiro atoms. The number of nitrogens with zero attached hydrogens (tertiary/aromatic N) is 1. The van der Waals surface area contributed by atoms with E-state index in [4.69, 9.17) is 5.11 Å². The average Bonchev–Trinajstić information content (AvgIpc) is 1.82. The highest BCUT2D eigenvalue weighted by Crippen LogP contribution is 2.02. The van der Waals surface area contributed by atoms with Gasteiger partial charge in [-0.1, -0.05) is 0 Å². The van der Waals surface area contributed by atoms with Crippen LogP contribution in [0, 0.1) is 0 Å². The number of carboxylic acids is 1. The molecule has 0 aromatic heterocycles. The van der Waals surface area contributed by atoms with Gasteiger partial charge in [0.15, 0.2) is 0 Å². The molecule has 0 radical (unpaired) electrons. The summed E-state index contributed by atoms with van der Waals surface area (Å²) in [5.41, 5.74) is 0. The van der Waals surface area contributed by atoms with Crippen molar-refractivity contribution in [3.05, 3.63) is 0 Å². The number of sulfone groups is 1. The number of hydrogen-bond donors (Lipinski definition) is 1. The minimum Gasteiger partial charge on any atom is -0.480 e. The molecule has 78 valence electrons. The van der Waals surface area contributed by atoms with Crippen LogP contribution in [0.4, 0.5) is 0 Å². The van der Waals surface area contributed by atoms with Crippen LogP contribution in [-0.2, 0) is 14.6 Å². The minimum atomic E-state index is -3.08. The lowest BCUT2D eigenvalue weighted by Crippen LogP contribution is -2.37. The Bertz CT molecular complexity index is 270. The maximum Gasteiger partial charge on any atom is 0.320 e. The van der Waals surface area contributed by atoms with Crippen LogP contribution in [0.15, 0.2) is 0 Å². The summed E-state index contributed by atoms with van der Waals surface area (Å²) < 4.78 is 21.5. The van der Waals surface area contributed by atoms with E-state index in [0.29, 0.717) is 0 Å². The fraction of sp³-hybridized carbons (Fsp3) is 0.857. The zero-order valence-electron chi connectivity index (χ0n) is 8.02. The van der Waals surface area contributed by atoms with Crippen LogP contribution >= 0.6 is 0 Å².